The van der Waals surface area contributed by atoms with Gasteiger partial charge in [-0.2, -0.15) is 4.31 Å². The second-order valence-electron chi connectivity index (χ2n) is 5.57. The Hall–Kier alpha value is -1.70. The molecule has 0 saturated carbocycles. The zero-order valence-electron chi connectivity index (χ0n) is 12.6. The Kier molecular flexibility index (Phi) is 4.03. The molecule has 2 aromatic rings. The van der Waals surface area contributed by atoms with E-state index in [1.165, 1.54) is 28.6 Å². The van der Waals surface area contributed by atoms with Crippen molar-refractivity contribution in [1.29, 1.82) is 0 Å². The molecule has 23 heavy (non-hydrogen) atoms. The van der Waals surface area contributed by atoms with E-state index in [1.807, 2.05) is 30.3 Å². The van der Waals surface area contributed by atoms with Crippen LogP contribution in [0.5, 0.6) is 0 Å². The van der Waals surface area contributed by atoms with Gasteiger partial charge >= 0.3 is 0 Å². The zero-order valence-corrected chi connectivity index (χ0v) is 14.2. The Balaban J connectivity index is 1.90. The molecule has 0 aromatic heterocycles. The van der Waals surface area contributed by atoms with Crippen molar-refractivity contribution in [3.8, 4) is 0 Å². The number of benzene rings is 2. The fourth-order valence-electron chi connectivity index (χ4n) is 2.65. The van der Waals surface area contributed by atoms with Gasteiger partial charge in [0, 0.05) is 12.8 Å². The van der Waals surface area contributed by atoms with Crippen molar-refractivity contribution in [1.82, 2.24) is 4.31 Å². The Bertz CT molecular complexity index is 904. The van der Waals surface area contributed by atoms with Gasteiger partial charge in [0.05, 0.1) is 15.8 Å². The van der Waals surface area contributed by atoms with E-state index in [-0.39, 0.29) is 15.8 Å². The molecule has 122 valence electrons. The van der Waals surface area contributed by atoms with Crippen molar-refractivity contribution in [3.63, 3.8) is 0 Å². The summed E-state index contributed by atoms with van der Waals surface area (Å²) in [7, 11) is -6.96. The molecule has 1 atom stereocenters. The summed E-state index contributed by atoms with van der Waals surface area (Å²) < 4.78 is 49.9. The van der Waals surface area contributed by atoms with Crippen LogP contribution in [-0.2, 0) is 19.9 Å². The van der Waals surface area contributed by atoms with E-state index in [1.54, 1.807) is 0 Å². The van der Waals surface area contributed by atoms with Crippen LogP contribution < -0.4 is 0 Å². The van der Waals surface area contributed by atoms with Crippen LogP contribution in [0, 0.1) is 0 Å². The third-order valence-corrected chi connectivity index (χ3v) is 7.06. The summed E-state index contributed by atoms with van der Waals surface area (Å²) in [4.78, 5) is 0.227. The fraction of sp³-hybridized carbons (Fsp3) is 0.250. The molecule has 0 aliphatic carbocycles. The third-order valence-electron chi connectivity index (χ3n) is 4.01. The van der Waals surface area contributed by atoms with Crippen LogP contribution in [0.15, 0.2) is 64.4 Å². The maximum absolute atomic E-state index is 12.7. The molecule has 0 bridgehead atoms. The van der Waals surface area contributed by atoms with E-state index in [4.69, 9.17) is 0 Å². The van der Waals surface area contributed by atoms with Crippen LogP contribution in [0.2, 0.25) is 0 Å². The van der Waals surface area contributed by atoms with Gasteiger partial charge in [0.2, 0.25) is 10.0 Å². The van der Waals surface area contributed by atoms with Crippen LogP contribution in [-0.4, -0.2) is 33.9 Å². The highest BCUT2D eigenvalue weighted by molar-refractivity contribution is 7.90. The van der Waals surface area contributed by atoms with Crippen molar-refractivity contribution in [2.24, 2.45) is 0 Å². The quantitative estimate of drug-likeness (QED) is 0.847. The lowest BCUT2D eigenvalue weighted by Crippen LogP contribution is -2.44. The minimum absolute atomic E-state index is 0.111. The van der Waals surface area contributed by atoms with Gasteiger partial charge in [0.25, 0.3) is 0 Å². The third kappa shape index (κ3) is 3.04. The molecule has 1 saturated heterocycles. The van der Waals surface area contributed by atoms with Gasteiger partial charge in [-0.15, -0.1) is 0 Å². The first-order chi connectivity index (χ1) is 10.8. The predicted octanol–water partition coefficient (Wildman–Crippen LogP) is 2.23. The second-order valence-corrected chi connectivity index (χ2v) is 9.48. The maximum Gasteiger partial charge on any atom is 0.243 e. The summed E-state index contributed by atoms with van der Waals surface area (Å²) in [5.74, 6) is 0. The van der Waals surface area contributed by atoms with Gasteiger partial charge < -0.3 is 0 Å². The van der Waals surface area contributed by atoms with Crippen molar-refractivity contribution >= 4 is 19.9 Å². The molecule has 0 spiro atoms. The molecule has 1 fully saturated rings. The van der Waals surface area contributed by atoms with Gasteiger partial charge in [-0.3, -0.25) is 0 Å². The second kappa shape index (κ2) is 5.74. The standard InChI is InChI=1S/C16H17NO4S2/c1-22(18,19)14-7-9-15(10-8-14)23(20,21)17-12-11-16(17)13-5-3-2-4-6-13/h2-10,16H,11-12H2,1H3/t16-/m1/s1. The lowest BCUT2D eigenvalue weighted by molar-refractivity contribution is 0.202. The lowest BCUT2D eigenvalue weighted by atomic mass is 9.98. The molecule has 1 aliphatic heterocycles. The molecule has 0 radical (unpaired) electrons. The van der Waals surface area contributed by atoms with Gasteiger partial charge in [-0.1, -0.05) is 30.3 Å². The summed E-state index contributed by atoms with van der Waals surface area (Å²) in [5.41, 5.74) is 0.968. The first-order valence-corrected chi connectivity index (χ1v) is 10.5. The number of rotatable bonds is 4. The normalized spacial score (nSPS) is 19.3. The molecule has 0 amide bonds. The Morgan fingerprint density at radius 1 is 0.870 bits per heavy atom. The van der Waals surface area contributed by atoms with Gasteiger partial charge in [0.1, 0.15) is 0 Å². The number of sulfonamides is 1. The Labute approximate surface area is 136 Å². The molecule has 2 aromatic carbocycles. The zero-order chi connectivity index (χ0) is 16.7. The molecule has 1 aliphatic rings. The highest BCUT2D eigenvalue weighted by Crippen LogP contribution is 2.38. The van der Waals surface area contributed by atoms with Gasteiger partial charge in [-0.25, -0.2) is 16.8 Å². The minimum Gasteiger partial charge on any atom is -0.224 e. The van der Waals surface area contributed by atoms with E-state index < -0.39 is 19.9 Å². The first kappa shape index (κ1) is 16.2. The lowest BCUT2D eigenvalue weighted by Gasteiger charge is -2.40. The first-order valence-electron chi connectivity index (χ1n) is 7.17. The Morgan fingerprint density at radius 2 is 1.43 bits per heavy atom. The number of hydrogen-bond acceptors (Lipinski definition) is 4. The van der Waals surface area contributed by atoms with Crippen LogP contribution in [0.25, 0.3) is 0 Å². The molecule has 7 heteroatoms. The largest absolute Gasteiger partial charge is 0.243 e. The van der Waals surface area contributed by atoms with Crippen molar-refractivity contribution in [2.75, 3.05) is 12.8 Å². The average Bonchev–Trinajstić information content (AvgIpc) is 2.46. The van der Waals surface area contributed by atoms with Crippen LogP contribution in [0.3, 0.4) is 0 Å². The van der Waals surface area contributed by atoms with E-state index >= 15 is 0 Å². The summed E-state index contributed by atoms with van der Waals surface area (Å²) >= 11 is 0. The van der Waals surface area contributed by atoms with E-state index in [2.05, 4.69) is 0 Å². The smallest absolute Gasteiger partial charge is 0.224 e. The summed E-state index contributed by atoms with van der Waals surface area (Å²) in [6, 6.07) is 14.7. The van der Waals surface area contributed by atoms with Gasteiger partial charge in [0.15, 0.2) is 9.84 Å². The van der Waals surface area contributed by atoms with Gasteiger partial charge in [-0.05, 0) is 36.2 Å². The molecular formula is C16H17NO4S2. The maximum atomic E-state index is 12.7. The monoisotopic (exact) mass is 351 g/mol. The number of hydrogen-bond donors (Lipinski definition) is 0. The summed E-state index contributed by atoms with van der Waals surface area (Å²) in [5, 5.41) is 0. The predicted molar refractivity (Wildman–Crippen MR) is 87.2 cm³/mol. The van der Waals surface area contributed by atoms with Crippen molar-refractivity contribution in [2.45, 2.75) is 22.3 Å². The molecule has 3 rings (SSSR count). The molecule has 0 N–H and O–H groups in total. The SMILES string of the molecule is CS(=O)(=O)c1ccc(S(=O)(=O)N2CC[C@@H]2c2ccccc2)cc1. The number of sulfone groups is 1. The summed E-state index contributed by atoms with van der Waals surface area (Å²) in [6.45, 7) is 0.468. The van der Waals surface area contributed by atoms with Crippen LogP contribution in [0.1, 0.15) is 18.0 Å². The van der Waals surface area contributed by atoms with Crippen LogP contribution >= 0.6 is 0 Å². The molecule has 1 heterocycles. The minimum atomic E-state index is -3.62. The highest BCUT2D eigenvalue weighted by Gasteiger charge is 2.39. The van der Waals surface area contributed by atoms with Crippen molar-refractivity contribution < 1.29 is 16.8 Å². The summed E-state index contributed by atoms with van der Waals surface area (Å²) in [6.07, 6.45) is 1.88. The fourth-order valence-corrected chi connectivity index (χ4v) is 4.94. The van der Waals surface area contributed by atoms with E-state index in [0.717, 1.165) is 18.2 Å². The molecule has 0 unspecified atom stereocenters. The molecule has 5 nitrogen and oxygen atoms in total. The highest BCUT2D eigenvalue weighted by atomic mass is 32.2. The Morgan fingerprint density at radius 3 is 1.91 bits per heavy atom. The van der Waals surface area contributed by atoms with Crippen molar-refractivity contribution in [3.05, 3.63) is 60.2 Å². The number of nitrogens with zero attached hydrogens (tertiary/aromatic N) is 1. The molecular weight excluding hydrogens is 334 g/mol. The average molecular weight is 351 g/mol. The topological polar surface area (TPSA) is 71.5 Å². The van der Waals surface area contributed by atoms with E-state index in [0.29, 0.717) is 6.54 Å². The van der Waals surface area contributed by atoms with Crippen LogP contribution in [0.4, 0.5) is 0 Å². The van der Waals surface area contributed by atoms with E-state index in [9.17, 15) is 16.8 Å².